The summed E-state index contributed by atoms with van der Waals surface area (Å²) in [6.07, 6.45) is 4.61. The van der Waals surface area contributed by atoms with E-state index in [1.54, 1.807) is 0 Å². The van der Waals surface area contributed by atoms with E-state index in [0.717, 1.165) is 64.4 Å². The highest BCUT2D eigenvalue weighted by Crippen LogP contribution is 2.18. The van der Waals surface area contributed by atoms with Crippen LogP contribution in [0.3, 0.4) is 0 Å². The minimum absolute atomic E-state index is 0.771. The molecule has 5 nitrogen and oxygen atoms in total. The van der Waals surface area contributed by atoms with Gasteiger partial charge in [0.1, 0.15) is 0 Å². The van der Waals surface area contributed by atoms with Crippen LogP contribution in [0.25, 0.3) is 0 Å². The van der Waals surface area contributed by atoms with E-state index in [2.05, 4.69) is 28.3 Å². The van der Waals surface area contributed by atoms with Crippen molar-refractivity contribution in [1.29, 1.82) is 0 Å². The van der Waals surface area contributed by atoms with Gasteiger partial charge in [0, 0.05) is 45.8 Å². The molecule has 0 aliphatic carbocycles. The van der Waals surface area contributed by atoms with Crippen LogP contribution in [0, 0.1) is 5.92 Å². The maximum Gasteiger partial charge on any atom is 0.193 e. The molecule has 0 aromatic heterocycles. The molecule has 0 aromatic rings. The molecule has 2 fully saturated rings. The van der Waals surface area contributed by atoms with E-state index in [4.69, 9.17) is 9.73 Å². The minimum Gasteiger partial charge on any atom is -0.379 e. The van der Waals surface area contributed by atoms with Gasteiger partial charge in [-0.3, -0.25) is 9.89 Å². The van der Waals surface area contributed by atoms with Crippen molar-refractivity contribution in [3.8, 4) is 0 Å². The molecule has 2 saturated heterocycles. The summed E-state index contributed by atoms with van der Waals surface area (Å²) in [6.45, 7) is 11.5. The van der Waals surface area contributed by atoms with Gasteiger partial charge in [-0.15, -0.1) is 0 Å². The Balaban J connectivity index is 1.77. The van der Waals surface area contributed by atoms with Gasteiger partial charge >= 0.3 is 0 Å². The van der Waals surface area contributed by atoms with Gasteiger partial charge in [0.15, 0.2) is 5.96 Å². The zero-order valence-corrected chi connectivity index (χ0v) is 15.0. The van der Waals surface area contributed by atoms with Crippen LogP contribution in [0.15, 0.2) is 4.99 Å². The third-order valence-electron chi connectivity index (χ3n) is 4.31. The Morgan fingerprint density at radius 1 is 1.32 bits per heavy atom. The topological polar surface area (TPSA) is 40.1 Å². The summed E-state index contributed by atoms with van der Waals surface area (Å²) in [4.78, 5) is 9.81. The molecule has 2 rings (SSSR count). The van der Waals surface area contributed by atoms with Crippen molar-refractivity contribution in [3.05, 3.63) is 0 Å². The van der Waals surface area contributed by atoms with Crippen LogP contribution < -0.4 is 5.32 Å². The maximum atomic E-state index is 5.44. The Bertz CT molecular complexity index is 334. The molecular formula is C16H32N4OS. The monoisotopic (exact) mass is 328 g/mol. The molecule has 0 aromatic carbocycles. The molecule has 0 spiro atoms. The lowest BCUT2D eigenvalue weighted by atomic mass is 10.1. The molecule has 2 aliphatic rings. The van der Waals surface area contributed by atoms with Crippen LogP contribution >= 0.6 is 11.8 Å². The summed E-state index contributed by atoms with van der Waals surface area (Å²) in [5.74, 6) is 3.09. The highest BCUT2D eigenvalue weighted by molar-refractivity contribution is 7.98. The number of rotatable bonds is 7. The number of morpholine rings is 1. The normalized spacial score (nSPS) is 24.0. The number of hydrogen-bond donors (Lipinski definition) is 1. The molecule has 2 aliphatic heterocycles. The van der Waals surface area contributed by atoms with Crippen LogP contribution in [-0.4, -0.2) is 86.8 Å². The van der Waals surface area contributed by atoms with E-state index >= 15 is 0 Å². The van der Waals surface area contributed by atoms with Crippen LogP contribution in [0.4, 0.5) is 0 Å². The number of nitrogens with zero attached hydrogens (tertiary/aromatic N) is 3. The third-order valence-corrected chi connectivity index (χ3v) is 5.01. The third kappa shape index (κ3) is 5.97. The van der Waals surface area contributed by atoms with Gasteiger partial charge in [0.05, 0.1) is 13.2 Å². The zero-order chi connectivity index (χ0) is 15.6. The van der Waals surface area contributed by atoms with Gasteiger partial charge in [0.25, 0.3) is 0 Å². The molecular weight excluding hydrogens is 296 g/mol. The summed E-state index contributed by atoms with van der Waals surface area (Å²) in [5, 5.41) is 3.46. The molecule has 2 heterocycles. The highest BCUT2D eigenvalue weighted by atomic mass is 32.2. The number of guanidine groups is 1. The molecule has 22 heavy (non-hydrogen) atoms. The van der Waals surface area contributed by atoms with Crippen LogP contribution in [0.2, 0.25) is 0 Å². The van der Waals surface area contributed by atoms with Gasteiger partial charge in [-0.25, -0.2) is 0 Å². The van der Waals surface area contributed by atoms with E-state index in [9.17, 15) is 0 Å². The largest absolute Gasteiger partial charge is 0.379 e. The SMILES string of the molecule is CCNC(=NCCCSC)N1CCC(CN2CCOCC2)C1. The first-order valence-corrected chi connectivity index (χ1v) is 10.0. The molecule has 128 valence electrons. The van der Waals surface area contributed by atoms with Gasteiger partial charge in [-0.05, 0) is 37.7 Å². The highest BCUT2D eigenvalue weighted by Gasteiger charge is 2.26. The molecule has 0 bridgehead atoms. The van der Waals surface area contributed by atoms with Crippen LogP contribution in [-0.2, 0) is 4.74 Å². The lowest BCUT2D eigenvalue weighted by Crippen LogP contribution is -2.42. The molecule has 1 unspecified atom stereocenters. The Kier molecular flexibility index (Phi) is 8.41. The second-order valence-corrected chi connectivity index (χ2v) is 7.08. The lowest BCUT2D eigenvalue weighted by Gasteiger charge is -2.29. The predicted molar refractivity (Wildman–Crippen MR) is 95.9 cm³/mol. The fourth-order valence-electron chi connectivity index (χ4n) is 3.14. The van der Waals surface area contributed by atoms with Crippen molar-refractivity contribution in [2.45, 2.75) is 19.8 Å². The Hall–Kier alpha value is -0.460. The van der Waals surface area contributed by atoms with E-state index in [-0.39, 0.29) is 0 Å². The molecule has 1 N–H and O–H groups in total. The molecule has 0 amide bonds. The first-order valence-electron chi connectivity index (χ1n) is 8.65. The summed E-state index contributed by atoms with van der Waals surface area (Å²) in [7, 11) is 0. The van der Waals surface area contributed by atoms with Crippen LogP contribution in [0.5, 0.6) is 0 Å². The number of nitrogens with one attached hydrogen (secondary N) is 1. The number of aliphatic imine (C=N–C) groups is 1. The number of likely N-dealkylation sites (tertiary alicyclic amines) is 1. The van der Waals surface area contributed by atoms with E-state index in [0.29, 0.717) is 0 Å². The minimum atomic E-state index is 0.771. The van der Waals surface area contributed by atoms with Crippen molar-refractivity contribution in [2.75, 3.05) is 71.0 Å². The number of thioether (sulfide) groups is 1. The van der Waals surface area contributed by atoms with Crippen molar-refractivity contribution >= 4 is 17.7 Å². The molecule has 1 atom stereocenters. The van der Waals surface area contributed by atoms with Crippen molar-refractivity contribution in [1.82, 2.24) is 15.1 Å². The first-order chi connectivity index (χ1) is 10.8. The van der Waals surface area contributed by atoms with Gasteiger partial charge in [-0.2, -0.15) is 11.8 Å². The molecule has 0 radical (unpaired) electrons. The summed E-state index contributed by atoms with van der Waals surface area (Å²) in [5.41, 5.74) is 0. The summed E-state index contributed by atoms with van der Waals surface area (Å²) < 4.78 is 5.44. The number of ether oxygens (including phenoxy) is 1. The van der Waals surface area contributed by atoms with Gasteiger partial charge < -0.3 is 15.0 Å². The number of hydrogen-bond acceptors (Lipinski definition) is 4. The average Bonchev–Trinajstić information content (AvgIpc) is 3.00. The smallest absolute Gasteiger partial charge is 0.193 e. The molecule has 6 heteroatoms. The van der Waals surface area contributed by atoms with E-state index < -0.39 is 0 Å². The quantitative estimate of drug-likeness (QED) is 0.434. The maximum absolute atomic E-state index is 5.44. The van der Waals surface area contributed by atoms with Crippen molar-refractivity contribution in [3.63, 3.8) is 0 Å². The van der Waals surface area contributed by atoms with E-state index in [1.165, 1.54) is 25.1 Å². The van der Waals surface area contributed by atoms with Gasteiger partial charge in [0.2, 0.25) is 0 Å². The first kappa shape index (κ1) is 17.9. The zero-order valence-electron chi connectivity index (χ0n) is 14.2. The Labute approximate surface area is 139 Å². The summed E-state index contributed by atoms with van der Waals surface area (Å²) >= 11 is 1.90. The predicted octanol–water partition coefficient (Wildman–Crippen LogP) is 1.36. The standard InChI is InChI=1S/C16H32N4OS/c1-3-17-16(18-6-4-12-22-2)20-7-5-15(14-20)13-19-8-10-21-11-9-19/h15H,3-14H2,1-2H3,(H,17,18). The second-order valence-electron chi connectivity index (χ2n) is 6.10. The Morgan fingerprint density at radius 3 is 2.86 bits per heavy atom. The van der Waals surface area contributed by atoms with Gasteiger partial charge in [-0.1, -0.05) is 0 Å². The lowest BCUT2D eigenvalue weighted by molar-refractivity contribution is 0.0315. The second kappa shape index (κ2) is 10.3. The molecule has 0 saturated carbocycles. The summed E-state index contributed by atoms with van der Waals surface area (Å²) in [6, 6.07) is 0. The van der Waals surface area contributed by atoms with Crippen molar-refractivity contribution in [2.24, 2.45) is 10.9 Å². The average molecular weight is 329 g/mol. The fourth-order valence-corrected chi connectivity index (χ4v) is 3.56. The van der Waals surface area contributed by atoms with Crippen molar-refractivity contribution < 1.29 is 4.74 Å². The van der Waals surface area contributed by atoms with E-state index in [1.807, 2.05) is 11.8 Å². The fraction of sp³-hybridized carbons (Fsp3) is 0.938. The Morgan fingerprint density at radius 2 is 2.14 bits per heavy atom. The van der Waals surface area contributed by atoms with Crippen LogP contribution in [0.1, 0.15) is 19.8 Å².